The number of aliphatic hydroxyl groups excluding tert-OH is 1. The number of sulfone groups is 1. The van der Waals surface area contributed by atoms with Crippen molar-refractivity contribution >= 4 is 22.3 Å². The van der Waals surface area contributed by atoms with Gasteiger partial charge in [0.15, 0.2) is 9.84 Å². The molecule has 2 rings (SSSR count). The number of β-amino-alcohol motifs (C(OH)–C–C–N with tert-alkyl or cyclic N) is 1. The molecule has 3 N–H and O–H groups in total. The first kappa shape index (κ1) is 20.1. The number of carbonyl (C=O) groups is 2. The Morgan fingerprint density at radius 2 is 1.88 bits per heavy atom. The van der Waals surface area contributed by atoms with Crippen molar-refractivity contribution in [3.8, 4) is 0 Å². The molecule has 1 aliphatic heterocycles. The van der Waals surface area contributed by atoms with Gasteiger partial charge in [0.25, 0.3) is 6.47 Å². The average Bonchev–Trinajstić information content (AvgIpc) is 2.47. The first-order valence-electron chi connectivity index (χ1n) is 7.19. The fourth-order valence-corrected chi connectivity index (χ4v) is 3.16. The molecule has 0 spiro atoms. The van der Waals surface area contributed by atoms with E-state index < -0.39 is 27.8 Å². The van der Waals surface area contributed by atoms with Crippen LogP contribution in [0.5, 0.6) is 0 Å². The van der Waals surface area contributed by atoms with Crippen LogP contribution in [-0.2, 0) is 26.0 Å². The molecule has 24 heavy (non-hydrogen) atoms. The van der Waals surface area contributed by atoms with Gasteiger partial charge in [0.2, 0.25) is 0 Å². The van der Waals surface area contributed by atoms with Gasteiger partial charge in [0.1, 0.15) is 0 Å². The minimum atomic E-state index is -3.20. The van der Waals surface area contributed by atoms with Gasteiger partial charge in [0.05, 0.1) is 16.9 Å². The monoisotopic (exact) mass is 359 g/mol. The number of rotatable bonds is 4. The van der Waals surface area contributed by atoms with Gasteiger partial charge in [-0.05, 0) is 30.7 Å². The molecule has 0 bridgehead atoms. The van der Waals surface area contributed by atoms with Gasteiger partial charge in [-0.1, -0.05) is 12.1 Å². The molecule has 0 saturated carbocycles. The van der Waals surface area contributed by atoms with Gasteiger partial charge in [0, 0.05) is 19.3 Å². The van der Waals surface area contributed by atoms with Crippen LogP contribution < -0.4 is 0 Å². The van der Waals surface area contributed by atoms with Crippen molar-refractivity contribution in [3.63, 3.8) is 0 Å². The average molecular weight is 359 g/mol. The summed E-state index contributed by atoms with van der Waals surface area (Å²) in [5.74, 6) is -1.66. The first-order valence-corrected chi connectivity index (χ1v) is 9.08. The number of hydrogen-bond acceptors (Lipinski definition) is 6. The molecule has 1 saturated heterocycles. The highest BCUT2D eigenvalue weighted by Gasteiger charge is 2.32. The number of carboxylic acid groups (broad SMARTS) is 2. The summed E-state index contributed by atoms with van der Waals surface area (Å²) in [6.45, 7) is 1.22. The highest BCUT2D eigenvalue weighted by Crippen LogP contribution is 2.20. The Labute approximate surface area is 140 Å². The lowest BCUT2D eigenvalue weighted by Gasteiger charge is -2.33. The van der Waals surface area contributed by atoms with E-state index in [4.69, 9.17) is 15.0 Å². The molecule has 1 fully saturated rings. The highest BCUT2D eigenvalue weighted by molar-refractivity contribution is 7.90. The number of nitrogens with zero attached hydrogens (tertiary/aromatic N) is 1. The van der Waals surface area contributed by atoms with Gasteiger partial charge in [-0.2, -0.15) is 0 Å². The Kier molecular flexibility index (Phi) is 7.33. The molecule has 1 aromatic carbocycles. The summed E-state index contributed by atoms with van der Waals surface area (Å²) < 4.78 is 22.8. The maximum atomic E-state index is 11.4. The second-order valence-electron chi connectivity index (χ2n) is 5.56. The van der Waals surface area contributed by atoms with Crippen LogP contribution >= 0.6 is 0 Å². The van der Waals surface area contributed by atoms with Gasteiger partial charge in [-0.25, -0.2) is 8.42 Å². The second-order valence-corrected chi connectivity index (χ2v) is 7.57. The Morgan fingerprint density at radius 3 is 2.29 bits per heavy atom. The zero-order valence-corrected chi connectivity index (χ0v) is 14.0. The SMILES string of the molecule is CS(=O)(=O)c1ccc(CN2CC[C@H](C(=O)O)[C@H](O)C2)cc1.O=CO. The van der Waals surface area contributed by atoms with E-state index in [2.05, 4.69) is 0 Å². The van der Waals surface area contributed by atoms with Crippen LogP contribution in [-0.4, -0.2) is 66.5 Å². The van der Waals surface area contributed by atoms with Crippen molar-refractivity contribution in [2.45, 2.75) is 24.0 Å². The van der Waals surface area contributed by atoms with Crippen molar-refractivity contribution in [2.75, 3.05) is 19.3 Å². The zero-order valence-electron chi connectivity index (χ0n) is 13.2. The lowest BCUT2D eigenvalue weighted by atomic mass is 9.94. The third-order valence-corrected chi connectivity index (χ3v) is 4.87. The Bertz CT molecular complexity index is 657. The Balaban J connectivity index is 0.000000891. The maximum absolute atomic E-state index is 11.4. The molecule has 0 amide bonds. The van der Waals surface area contributed by atoms with Crippen LogP contribution in [0.25, 0.3) is 0 Å². The summed E-state index contributed by atoms with van der Waals surface area (Å²) in [5, 5.41) is 25.7. The van der Waals surface area contributed by atoms with Gasteiger partial charge < -0.3 is 15.3 Å². The molecule has 0 radical (unpaired) electrons. The van der Waals surface area contributed by atoms with Gasteiger partial charge in [-0.15, -0.1) is 0 Å². The van der Waals surface area contributed by atoms with Crippen LogP contribution in [0.1, 0.15) is 12.0 Å². The van der Waals surface area contributed by atoms with Crippen molar-refractivity contribution in [1.82, 2.24) is 4.90 Å². The minimum Gasteiger partial charge on any atom is -0.483 e. The van der Waals surface area contributed by atoms with Crippen molar-refractivity contribution in [3.05, 3.63) is 29.8 Å². The standard InChI is InChI=1S/C14H19NO5S.CH2O2/c1-21(19,20)11-4-2-10(3-5-11)8-15-7-6-12(14(17)18)13(16)9-15;2-1-3/h2-5,12-13,16H,6-9H2,1H3,(H,17,18);1H,(H,2,3)/t12-,13+;/m0./s1. The molecular weight excluding hydrogens is 338 g/mol. The predicted octanol–water partition coefficient (Wildman–Crippen LogP) is 0.0583. The molecule has 1 heterocycles. The number of aliphatic hydroxyl groups is 1. The van der Waals surface area contributed by atoms with Crippen molar-refractivity contribution < 1.29 is 33.3 Å². The topological polar surface area (TPSA) is 132 Å². The molecule has 1 aliphatic rings. The third-order valence-electron chi connectivity index (χ3n) is 3.74. The van der Waals surface area contributed by atoms with E-state index >= 15 is 0 Å². The van der Waals surface area contributed by atoms with Crippen LogP contribution in [0.3, 0.4) is 0 Å². The van der Waals surface area contributed by atoms with E-state index in [1.54, 1.807) is 24.3 Å². The van der Waals surface area contributed by atoms with Crippen molar-refractivity contribution in [1.29, 1.82) is 0 Å². The lowest BCUT2D eigenvalue weighted by molar-refractivity contribution is -0.148. The highest BCUT2D eigenvalue weighted by atomic mass is 32.2. The summed E-state index contributed by atoms with van der Waals surface area (Å²) >= 11 is 0. The second kappa shape index (κ2) is 8.76. The fraction of sp³-hybridized carbons (Fsp3) is 0.467. The summed E-state index contributed by atoms with van der Waals surface area (Å²) in [6, 6.07) is 6.61. The number of benzene rings is 1. The Morgan fingerprint density at radius 1 is 1.33 bits per heavy atom. The van der Waals surface area contributed by atoms with E-state index in [-0.39, 0.29) is 11.4 Å². The zero-order chi connectivity index (χ0) is 18.3. The molecule has 0 aromatic heterocycles. The largest absolute Gasteiger partial charge is 0.483 e. The van der Waals surface area contributed by atoms with Crippen LogP contribution in [0.4, 0.5) is 0 Å². The van der Waals surface area contributed by atoms with Gasteiger partial charge >= 0.3 is 5.97 Å². The maximum Gasteiger partial charge on any atom is 0.309 e. The number of likely N-dealkylation sites (tertiary alicyclic amines) is 1. The minimum absolute atomic E-state index is 0.250. The quantitative estimate of drug-likeness (QED) is 0.643. The molecule has 134 valence electrons. The summed E-state index contributed by atoms with van der Waals surface area (Å²) in [5.41, 5.74) is 0.934. The molecular formula is C15H21NO7S. The van der Waals surface area contributed by atoms with Crippen LogP contribution in [0, 0.1) is 5.92 Å². The number of aliphatic carboxylic acids is 1. The fourth-order valence-electron chi connectivity index (χ4n) is 2.53. The van der Waals surface area contributed by atoms with E-state index in [9.17, 15) is 18.3 Å². The van der Waals surface area contributed by atoms with E-state index in [1.807, 2.05) is 4.90 Å². The first-order chi connectivity index (χ1) is 11.2. The normalized spacial score (nSPS) is 21.4. The van der Waals surface area contributed by atoms with Gasteiger partial charge in [-0.3, -0.25) is 14.5 Å². The molecule has 8 nitrogen and oxygen atoms in total. The number of piperidine rings is 1. The summed E-state index contributed by atoms with van der Waals surface area (Å²) in [7, 11) is -3.20. The third kappa shape index (κ3) is 5.91. The number of hydrogen-bond donors (Lipinski definition) is 3. The summed E-state index contributed by atoms with van der Waals surface area (Å²) in [6.07, 6.45) is 0.707. The molecule has 0 unspecified atom stereocenters. The van der Waals surface area contributed by atoms with Crippen LogP contribution in [0.2, 0.25) is 0 Å². The molecule has 2 atom stereocenters. The van der Waals surface area contributed by atoms with E-state index in [1.165, 1.54) is 0 Å². The molecule has 1 aromatic rings. The summed E-state index contributed by atoms with van der Waals surface area (Å²) in [4.78, 5) is 21.5. The smallest absolute Gasteiger partial charge is 0.309 e. The lowest BCUT2D eigenvalue weighted by Crippen LogP contribution is -2.46. The molecule has 0 aliphatic carbocycles. The van der Waals surface area contributed by atoms with Crippen LogP contribution in [0.15, 0.2) is 29.2 Å². The Hall–Kier alpha value is -1.97. The van der Waals surface area contributed by atoms with E-state index in [0.717, 1.165) is 11.8 Å². The molecule has 9 heteroatoms. The van der Waals surface area contributed by atoms with E-state index in [0.29, 0.717) is 26.1 Å². The number of carboxylic acids is 1. The predicted molar refractivity (Wildman–Crippen MR) is 85.3 cm³/mol. The van der Waals surface area contributed by atoms with Crippen molar-refractivity contribution in [2.24, 2.45) is 5.92 Å².